The summed E-state index contributed by atoms with van der Waals surface area (Å²) in [6.07, 6.45) is 3.51. The van der Waals surface area contributed by atoms with Gasteiger partial charge in [0.15, 0.2) is 0 Å². The highest BCUT2D eigenvalue weighted by Crippen LogP contribution is 2.35. The molecule has 1 fully saturated rings. The van der Waals surface area contributed by atoms with E-state index in [4.69, 9.17) is 4.74 Å². The van der Waals surface area contributed by atoms with Crippen LogP contribution in [0.25, 0.3) is 0 Å². The van der Waals surface area contributed by atoms with Gasteiger partial charge in [0.1, 0.15) is 5.75 Å². The number of rotatable bonds is 5. The van der Waals surface area contributed by atoms with Crippen LogP contribution in [0.5, 0.6) is 5.75 Å². The number of methoxy groups -OCH3 is 1. The highest BCUT2D eigenvalue weighted by molar-refractivity contribution is 9.10. The van der Waals surface area contributed by atoms with E-state index in [1.54, 1.807) is 13.2 Å². The van der Waals surface area contributed by atoms with E-state index < -0.39 is 0 Å². The van der Waals surface area contributed by atoms with Gasteiger partial charge in [-0.05, 0) is 67.5 Å². The van der Waals surface area contributed by atoms with Gasteiger partial charge in [0, 0.05) is 16.6 Å². The molecule has 1 aliphatic carbocycles. The predicted octanol–water partition coefficient (Wildman–Crippen LogP) is 2.67. The van der Waals surface area contributed by atoms with Gasteiger partial charge in [0.2, 0.25) is 0 Å². The first-order chi connectivity index (χ1) is 9.48. The van der Waals surface area contributed by atoms with Gasteiger partial charge in [0.05, 0.1) is 12.7 Å². The fourth-order valence-corrected chi connectivity index (χ4v) is 2.94. The van der Waals surface area contributed by atoms with Gasteiger partial charge in [-0.15, -0.1) is 0 Å². The SMILES string of the molecule is COc1ccc(Br)c(C(=O)NCC2(N(C)C)CCC2)c1. The number of hydrogen-bond donors (Lipinski definition) is 1. The third kappa shape index (κ3) is 2.99. The van der Waals surface area contributed by atoms with Crippen LogP contribution in [0.2, 0.25) is 0 Å². The quantitative estimate of drug-likeness (QED) is 0.895. The maximum atomic E-state index is 12.3. The number of halogens is 1. The first kappa shape index (κ1) is 15.3. The second-order valence-electron chi connectivity index (χ2n) is 5.50. The van der Waals surface area contributed by atoms with E-state index in [0.29, 0.717) is 17.9 Å². The molecule has 0 aliphatic heterocycles. The van der Waals surface area contributed by atoms with Crippen molar-refractivity contribution < 1.29 is 9.53 Å². The molecule has 0 aromatic heterocycles. The first-order valence-corrected chi connectivity index (χ1v) is 7.57. The number of nitrogens with one attached hydrogen (secondary N) is 1. The number of carbonyl (C=O) groups is 1. The second kappa shape index (κ2) is 6.14. The van der Waals surface area contributed by atoms with Crippen molar-refractivity contribution >= 4 is 21.8 Å². The first-order valence-electron chi connectivity index (χ1n) is 6.78. The zero-order chi connectivity index (χ0) is 14.8. The molecule has 1 saturated carbocycles. The maximum absolute atomic E-state index is 12.3. The number of benzene rings is 1. The molecule has 1 aromatic rings. The summed E-state index contributed by atoms with van der Waals surface area (Å²) < 4.78 is 5.95. The zero-order valence-corrected chi connectivity index (χ0v) is 13.8. The number of carbonyl (C=O) groups excluding carboxylic acids is 1. The van der Waals surface area contributed by atoms with Gasteiger partial charge >= 0.3 is 0 Å². The van der Waals surface area contributed by atoms with Crippen molar-refractivity contribution in [3.63, 3.8) is 0 Å². The van der Waals surface area contributed by atoms with E-state index in [2.05, 4.69) is 40.2 Å². The molecule has 5 heteroatoms. The van der Waals surface area contributed by atoms with Gasteiger partial charge in [-0.1, -0.05) is 0 Å². The predicted molar refractivity (Wildman–Crippen MR) is 83.3 cm³/mol. The Kier molecular flexibility index (Phi) is 4.70. The molecule has 1 N–H and O–H groups in total. The van der Waals surface area contributed by atoms with Crippen LogP contribution in [-0.4, -0.2) is 44.1 Å². The lowest BCUT2D eigenvalue weighted by Gasteiger charge is -2.47. The van der Waals surface area contributed by atoms with Crippen molar-refractivity contribution in [1.82, 2.24) is 10.2 Å². The minimum atomic E-state index is -0.0658. The van der Waals surface area contributed by atoms with Gasteiger partial charge in [-0.2, -0.15) is 0 Å². The lowest BCUT2D eigenvalue weighted by Crippen LogP contribution is -2.57. The lowest BCUT2D eigenvalue weighted by molar-refractivity contribution is 0.0557. The smallest absolute Gasteiger partial charge is 0.252 e. The van der Waals surface area contributed by atoms with Crippen LogP contribution in [0, 0.1) is 0 Å². The molecule has 4 nitrogen and oxygen atoms in total. The molecule has 0 unspecified atom stereocenters. The summed E-state index contributed by atoms with van der Waals surface area (Å²) in [4.78, 5) is 14.5. The second-order valence-corrected chi connectivity index (χ2v) is 6.36. The van der Waals surface area contributed by atoms with Crippen LogP contribution >= 0.6 is 15.9 Å². The Balaban J connectivity index is 2.05. The van der Waals surface area contributed by atoms with Crippen molar-refractivity contribution in [2.45, 2.75) is 24.8 Å². The van der Waals surface area contributed by atoms with Crippen molar-refractivity contribution in [3.05, 3.63) is 28.2 Å². The summed E-state index contributed by atoms with van der Waals surface area (Å²) in [5.41, 5.74) is 0.735. The normalized spacial score (nSPS) is 16.6. The van der Waals surface area contributed by atoms with Crippen molar-refractivity contribution in [2.75, 3.05) is 27.7 Å². The molecule has 0 radical (unpaired) electrons. The Morgan fingerprint density at radius 1 is 1.45 bits per heavy atom. The topological polar surface area (TPSA) is 41.6 Å². The van der Waals surface area contributed by atoms with Crippen molar-refractivity contribution in [3.8, 4) is 5.75 Å². The van der Waals surface area contributed by atoms with Crippen molar-refractivity contribution in [1.29, 1.82) is 0 Å². The van der Waals surface area contributed by atoms with Gasteiger partial charge in [-0.3, -0.25) is 4.79 Å². The molecule has 1 amide bonds. The average molecular weight is 341 g/mol. The highest BCUT2D eigenvalue weighted by Gasteiger charge is 2.39. The third-order valence-electron chi connectivity index (χ3n) is 4.23. The number of ether oxygens (including phenoxy) is 1. The molecule has 0 bridgehead atoms. The molecule has 0 saturated heterocycles. The summed E-state index contributed by atoms with van der Waals surface area (Å²) in [5, 5.41) is 3.05. The van der Waals surface area contributed by atoms with E-state index in [-0.39, 0.29) is 11.4 Å². The summed E-state index contributed by atoms with van der Waals surface area (Å²) in [7, 11) is 5.75. The van der Waals surface area contributed by atoms with E-state index in [9.17, 15) is 4.79 Å². The largest absolute Gasteiger partial charge is 0.497 e. The van der Waals surface area contributed by atoms with Crippen LogP contribution in [0.3, 0.4) is 0 Å². The van der Waals surface area contributed by atoms with E-state index in [1.807, 2.05) is 12.1 Å². The fraction of sp³-hybridized carbons (Fsp3) is 0.533. The molecule has 110 valence electrons. The van der Waals surface area contributed by atoms with E-state index >= 15 is 0 Å². The summed E-state index contributed by atoms with van der Waals surface area (Å²) in [5.74, 6) is 0.619. The molecular weight excluding hydrogens is 320 g/mol. The zero-order valence-electron chi connectivity index (χ0n) is 12.2. The summed E-state index contributed by atoms with van der Waals surface area (Å²) >= 11 is 3.41. The maximum Gasteiger partial charge on any atom is 0.252 e. The molecular formula is C15H21BrN2O2. The molecule has 1 aliphatic rings. The number of hydrogen-bond acceptors (Lipinski definition) is 3. The minimum Gasteiger partial charge on any atom is -0.497 e. The van der Waals surface area contributed by atoms with Gasteiger partial charge in [-0.25, -0.2) is 0 Å². The number of amides is 1. The summed E-state index contributed by atoms with van der Waals surface area (Å²) in [6.45, 7) is 0.683. The molecule has 1 aromatic carbocycles. The van der Waals surface area contributed by atoms with Gasteiger partial charge < -0.3 is 15.0 Å². The van der Waals surface area contributed by atoms with E-state index in [1.165, 1.54) is 6.42 Å². The standard InChI is InChI=1S/C15H21BrN2O2/c1-18(2)15(7-4-8-15)10-17-14(19)12-9-11(20-3)5-6-13(12)16/h5-6,9H,4,7-8,10H2,1-3H3,(H,17,19). The summed E-state index contributed by atoms with van der Waals surface area (Å²) in [6, 6.07) is 5.41. The Hall–Kier alpha value is -1.07. The molecule has 0 heterocycles. The third-order valence-corrected chi connectivity index (χ3v) is 4.92. The fourth-order valence-electron chi connectivity index (χ4n) is 2.51. The monoisotopic (exact) mass is 340 g/mol. The lowest BCUT2D eigenvalue weighted by atomic mass is 9.75. The van der Waals surface area contributed by atoms with Crippen molar-refractivity contribution in [2.24, 2.45) is 0 Å². The molecule has 0 atom stereocenters. The van der Waals surface area contributed by atoms with E-state index in [0.717, 1.165) is 17.3 Å². The Bertz CT molecular complexity index is 499. The van der Waals surface area contributed by atoms with Gasteiger partial charge in [0.25, 0.3) is 5.91 Å². The number of nitrogens with zero attached hydrogens (tertiary/aromatic N) is 1. The molecule has 2 rings (SSSR count). The molecule has 20 heavy (non-hydrogen) atoms. The van der Waals surface area contributed by atoms with Crippen LogP contribution in [-0.2, 0) is 0 Å². The highest BCUT2D eigenvalue weighted by atomic mass is 79.9. The van der Waals surface area contributed by atoms with Crippen LogP contribution in [0.4, 0.5) is 0 Å². The van der Waals surface area contributed by atoms with Crippen LogP contribution in [0.15, 0.2) is 22.7 Å². The Morgan fingerprint density at radius 2 is 2.15 bits per heavy atom. The number of likely N-dealkylation sites (N-methyl/N-ethyl adjacent to an activating group) is 1. The molecule has 0 spiro atoms. The Morgan fingerprint density at radius 3 is 2.65 bits per heavy atom. The average Bonchev–Trinajstić information content (AvgIpc) is 2.37. The van der Waals surface area contributed by atoms with Crippen LogP contribution in [0.1, 0.15) is 29.6 Å². The van der Waals surface area contributed by atoms with Crippen LogP contribution < -0.4 is 10.1 Å². The Labute approximate surface area is 128 Å². The minimum absolute atomic E-state index is 0.0658.